The highest BCUT2D eigenvalue weighted by Gasteiger charge is 2.23. The smallest absolute Gasteiger partial charge is 0.320 e. The number of hydrogen-bond donors (Lipinski definition) is 3. The third kappa shape index (κ3) is 3.34. The van der Waals surface area contributed by atoms with E-state index < -0.39 is 12.1 Å². The molecule has 3 amide bonds. The van der Waals surface area contributed by atoms with Crippen molar-refractivity contribution in [3.05, 3.63) is 18.3 Å². The molecule has 1 saturated heterocycles. The number of piperidine rings is 1. The van der Waals surface area contributed by atoms with Gasteiger partial charge < -0.3 is 20.7 Å². The molecule has 102 valence electrons. The zero-order chi connectivity index (χ0) is 13.7. The first kappa shape index (κ1) is 13.1. The second-order valence-corrected chi connectivity index (χ2v) is 4.14. The Hall–Kier alpha value is -2.31. The second kappa shape index (κ2) is 6.03. The largest absolute Gasteiger partial charge is 0.480 e. The van der Waals surface area contributed by atoms with Crippen LogP contribution in [0.4, 0.5) is 10.5 Å². The average Bonchev–Trinajstić information content (AvgIpc) is 2.42. The van der Waals surface area contributed by atoms with Crippen LogP contribution in [-0.2, 0) is 4.79 Å². The molecule has 3 N–H and O–H groups in total. The minimum atomic E-state index is -0.489. The summed E-state index contributed by atoms with van der Waals surface area (Å²) in [7, 11) is 1.47. The number of anilines is 1. The lowest BCUT2D eigenvalue weighted by molar-refractivity contribution is -0.124. The molecule has 0 radical (unpaired) electrons. The van der Waals surface area contributed by atoms with Crippen molar-refractivity contribution in [2.75, 3.05) is 19.0 Å². The van der Waals surface area contributed by atoms with E-state index in [1.165, 1.54) is 7.11 Å². The van der Waals surface area contributed by atoms with Crippen molar-refractivity contribution in [1.82, 2.24) is 15.6 Å². The lowest BCUT2D eigenvalue weighted by Gasteiger charge is -2.22. The topological polar surface area (TPSA) is 92.3 Å². The molecule has 1 fully saturated rings. The van der Waals surface area contributed by atoms with Crippen LogP contribution < -0.4 is 20.7 Å². The number of methoxy groups -OCH3 is 1. The summed E-state index contributed by atoms with van der Waals surface area (Å²) in [6.07, 6.45) is 3.06. The van der Waals surface area contributed by atoms with Gasteiger partial charge in [0.2, 0.25) is 11.8 Å². The fourth-order valence-electron chi connectivity index (χ4n) is 1.88. The molecule has 1 aliphatic heterocycles. The van der Waals surface area contributed by atoms with Gasteiger partial charge in [0.1, 0.15) is 11.7 Å². The highest BCUT2D eigenvalue weighted by atomic mass is 16.5. The predicted molar refractivity (Wildman–Crippen MR) is 69.0 cm³/mol. The van der Waals surface area contributed by atoms with E-state index in [4.69, 9.17) is 4.74 Å². The molecule has 1 atom stereocenters. The van der Waals surface area contributed by atoms with Crippen LogP contribution in [0.25, 0.3) is 0 Å². The van der Waals surface area contributed by atoms with Gasteiger partial charge in [-0.3, -0.25) is 4.79 Å². The Labute approximate surface area is 110 Å². The monoisotopic (exact) mass is 264 g/mol. The zero-order valence-electron chi connectivity index (χ0n) is 10.6. The third-order valence-corrected chi connectivity index (χ3v) is 2.80. The van der Waals surface area contributed by atoms with E-state index >= 15 is 0 Å². The molecule has 7 nitrogen and oxygen atoms in total. The molecule has 7 heteroatoms. The number of hydrogen-bond acceptors (Lipinski definition) is 4. The maximum atomic E-state index is 11.8. The van der Waals surface area contributed by atoms with Crippen molar-refractivity contribution in [2.45, 2.75) is 18.9 Å². The number of carbonyl (C=O) groups excluding carboxylic acids is 2. The van der Waals surface area contributed by atoms with Gasteiger partial charge in [0.15, 0.2) is 0 Å². The maximum Gasteiger partial charge on any atom is 0.320 e. The first-order valence-corrected chi connectivity index (χ1v) is 6.05. The van der Waals surface area contributed by atoms with E-state index in [1.54, 1.807) is 18.3 Å². The molecular formula is C12H16N4O3. The standard InChI is InChI=1S/C12H16N4O3/c1-19-11-9(5-3-7-14-11)16-12(18)15-8-4-2-6-13-10(8)17/h3,5,7-8H,2,4,6H2,1H3,(H,13,17)(H2,15,16,18)/t8-/m1/s1. The first-order valence-electron chi connectivity index (χ1n) is 6.05. The van der Waals surface area contributed by atoms with Crippen LogP contribution >= 0.6 is 0 Å². The summed E-state index contributed by atoms with van der Waals surface area (Å²) in [5.74, 6) is 0.172. The van der Waals surface area contributed by atoms with Crippen LogP contribution in [-0.4, -0.2) is 36.6 Å². The van der Waals surface area contributed by atoms with Crippen LogP contribution in [0.1, 0.15) is 12.8 Å². The molecule has 1 aromatic rings. The minimum absolute atomic E-state index is 0.153. The highest BCUT2D eigenvalue weighted by Crippen LogP contribution is 2.19. The summed E-state index contributed by atoms with van der Waals surface area (Å²) in [6, 6.07) is 2.42. The maximum absolute atomic E-state index is 11.8. The number of nitrogens with one attached hydrogen (secondary N) is 3. The van der Waals surface area contributed by atoms with Gasteiger partial charge in [0.05, 0.1) is 7.11 Å². The first-order chi connectivity index (χ1) is 9.20. The molecule has 0 bridgehead atoms. The predicted octanol–water partition coefficient (Wildman–Crippen LogP) is 0.490. The zero-order valence-corrected chi connectivity index (χ0v) is 10.6. The number of nitrogens with zero attached hydrogens (tertiary/aromatic N) is 1. The van der Waals surface area contributed by atoms with E-state index in [2.05, 4.69) is 20.9 Å². The number of rotatable bonds is 3. The van der Waals surface area contributed by atoms with Gasteiger partial charge in [0, 0.05) is 12.7 Å². The van der Waals surface area contributed by atoms with Crippen LogP contribution in [0.3, 0.4) is 0 Å². The molecule has 0 saturated carbocycles. The third-order valence-electron chi connectivity index (χ3n) is 2.80. The molecule has 1 aliphatic rings. The quantitative estimate of drug-likeness (QED) is 0.740. The number of amides is 3. The van der Waals surface area contributed by atoms with E-state index in [1.807, 2.05) is 0 Å². The fourth-order valence-corrected chi connectivity index (χ4v) is 1.88. The minimum Gasteiger partial charge on any atom is -0.480 e. The Morgan fingerprint density at radius 1 is 1.58 bits per heavy atom. The molecule has 19 heavy (non-hydrogen) atoms. The Morgan fingerprint density at radius 3 is 3.16 bits per heavy atom. The number of pyridine rings is 1. The normalized spacial score (nSPS) is 18.4. The number of aromatic nitrogens is 1. The van der Waals surface area contributed by atoms with Gasteiger partial charge in [-0.25, -0.2) is 9.78 Å². The number of carbonyl (C=O) groups is 2. The van der Waals surface area contributed by atoms with Crippen LogP contribution in [0.5, 0.6) is 5.88 Å². The summed E-state index contributed by atoms with van der Waals surface area (Å²) in [5.41, 5.74) is 0.457. The number of urea groups is 1. The summed E-state index contributed by atoms with van der Waals surface area (Å²) in [4.78, 5) is 27.3. The lowest BCUT2D eigenvalue weighted by atomic mass is 10.1. The van der Waals surface area contributed by atoms with Crippen molar-refractivity contribution in [1.29, 1.82) is 0 Å². The van der Waals surface area contributed by atoms with Crippen molar-refractivity contribution in [3.8, 4) is 5.88 Å². The van der Waals surface area contributed by atoms with Crippen molar-refractivity contribution in [2.24, 2.45) is 0 Å². The van der Waals surface area contributed by atoms with Crippen LogP contribution in [0, 0.1) is 0 Å². The van der Waals surface area contributed by atoms with Crippen molar-refractivity contribution < 1.29 is 14.3 Å². The molecule has 0 spiro atoms. The molecular weight excluding hydrogens is 248 g/mol. The SMILES string of the molecule is COc1ncccc1NC(=O)N[C@@H]1CCCNC1=O. The molecule has 2 heterocycles. The molecule has 0 aliphatic carbocycles. The Bertz CT molecular complexity index is 478. The van der Waals surface area contributed by atoms with Crippen LogP contribution in [0.15, 0.2) is 18.3 Å². The van der Waals surface area contributed by atoms with Gasteiger partial charge in [-0.2, -0.15) is 0 Å². The van der Waals surface area contributed by atoms with Gasteiger partial charge in [-0.1, -0.05) is 0 Å². The Balaban J connectivity index is 1.95. The van der Waals surface area contributed by atoms with E-state index in [9.17, 15) is 9.59 Å². The van der Waals surface area contributed by atoms with Crippen molar-refractivity contribution in [3.63, 3.8) is 0 Å². The highest BCUT2D eigenvalue weighted by molar-refractivity contribution is 5.94. The number of ether oxygens (including phenoxy) is 1. The molecule has 0 aromatic carbocycles. The van der Waals surface area contributed by atoms with Gasteiger partial charge in [-0.15, -0.1) is 0 Å². The second-order valence-electron chi connectivity index (χ2n) is 4.14. The summed E-state index contributed by atoms with van der Waals surface area (Å²) >= 11 is 0. The lowest BCUT2D eigenvalue weighted by Crippen LogP contribution is -2.51. The van der Waals surface area contributed by atoms with E-state index in [0.717, 1.165) is 6.42 Å². The Morgan fingerprint density at radius 2 is 2.42 bits per heavy atom. The van der Waals surface area contributed by atoms with E-state index in [-0.39, 0.29) is 5.91 Å². The van der Waals surface area contributed by atoms with Crippen LogP contribution in [0.2, 0.25) is 0 Å². The molecule has 0 unspecified atom stereocenters. The van der Waals surface area contributed by atoms with E-state index in [0.29, 0.717) is 24.5 Å². The van der Waals surface area contributed by atoms with Crippen molar-refractivity contribution >= 4 is 17.6 Å². The molecule has 1 aromatic heterocycles. The van der Waals surface area contributed by atoms with Gasteiger partial charge >= 0.3 is 6.03 Å². The average molecular weight is 264 g/mol. The Kier molecular flexibility index (Phi) is 4.17. The van der Waals surface area contributed by atoms with Gasteiger partial charge in [0.25, 0.3) is 0 Å². The van der Waals surface area contributed by atoms with Gasteiger partial charge in [-0.05, 0) is 25.0 Å². The summed E-state index contributed by atoms with van der Waals surface area (Å²) in [5, 5.41) is 7.94. The summed E-state index contributed by atoms with van der Waals surface area (Å²) in [6.45, 7) is 0.662. The fraction of sp³-hybridized carbons (Fsp3) is 0.417. The summed E-state index contributed by atoms with van der Waals surface area (Å²) < 4.78 is 5.02. The molecule has 2 rings (SSSR count).